The van der Waals surface area contributed by atoms with Gasteiger partial charge in [-0.15, -0.1) is 11.3 Å². The second kappa shape index (κ2) is 6.98. The summed E-state index contributed by atoms with van der Waals surface area (Å²) in [5.41, 5.74) is 0.827. The van der Waals surface area contributed by atoms with Crippen LogP contribution in [-0.4, -0.2) is 23.6 Å². The number of methoxy groups -OCH3 is 1. The summed E-state index contributed by atoms with van der Waals surface area (Å²) in [4.78, 5) is 9.85. The molecule has 19 heavy (non-hydrogen) atoms. The summed E-state index contributed by atoms with van der Waals surface area (Å²) in [6.45, 7) is 3.06. The van der Waals surface area contributed by atoms with E-state index in [0.717, 1.165) is 23.1 Å². The molecule has 0 aliphatic carbocycles. The molecule has 2 aromatic heterocycles. The van der Waals surface area contributed by atoms with Crippen molar-refractivity contribution in [3.63, 3.8) is 0 Å². The zero-order valence-corrected chi connectivity index (χ0v) is 13.3. The summed E-state index contributed by atoms with van der Waals surface area (Å²) in [5, 5.41) is 5.57. The van der Waals surface area contributed by atoms with Crippen LogP contribution >= 0.6 is 27.3 Å². The average Bonchev–Trinajstić information content (AvgIpc) is 2.86. The van der Waals surface area contributed by atoms with Crippen molar-refractivity contribution in [3.05, 3.63) is 38.9 Å². The number of hydrogen-bond acceptors (Lipinski definition) is 5. The van der Waals surface area contributed by atoms with Crippen LogP contribution in [0.4, 0.5) is 0 Å². The number of aromatic nitrogens is 2. The topological polar surface area (TPSA) is 47.0 Å². The molecule has 6 heteroatoms. The molecule has 0 radical (unpaired) electrons. The number of rotatable bonds is 6. The third kappa shape index (κ3) is 3.52. The second-order valence-electron chi connectivity index (χ2n) is 4.01. The lowest BCUT2D eigenvalue weighted by molar-refractivity contribution is 0.383. The van der Waals surface area contributed by atoms with Crippen LogP contribution in [0.15, 0.2) is 28.3 Å². The molecule has 0 amide bonds. The van der Waals surface area contributed by atoms with Gasteiger partial charge in [-0.05, 0) is 35.0 Å². The Labute approximate surface area is 125 Å². The first-order chi connectivity index (χ1) is 9.26. The predicted molar refractivity (Wildman–Crippen MR) is 80.7 cm³/mol. The van der Waals surface area contributed by atoms with E-state index in [9.17, 15) is 0 Å². The summed E-state index contributed by atoms with van der Waals surface area (Å²) in [5.74, 6) is 0.570. The molecule has 0 aromatic carbocycles. The summed E-state index contributed by atoms with van der Waals surface area (Å²) < 4.78 is 6.40. The van der Waals surface area contributed by atoms with E-state index < -0.39 is 0 Å². The van der Waals surface area contributed by atoms with Crippen molar-refractivity contribution in [2.75, 3.05) is 13.7 Å². The normalized spacial score (nSPS) is 12.4. The Morgan fingerprint density at radius 1 is 1.42 bits per heavy atom. The lowest BCUT2D eigenvalue weighted by Gasteiger charge is -2.18. The minimum Gasteiger partial charge on any atom is -0.480 e. The molecule has 2 aromatic rings. The highest BCUT2D eigenvalue weighted by atomic mass is 79.9. The highest BCUT2D eigenvalue weighted by molar-refractivity contribution is 9.10. The molecule has 0 spiro atoms. The van der Waals surface area contributed by atoms with Gasteiger partial charge in [0.25, 0.3) is 0 Å². The van der Waals surface area contributed by atoms with Gasteiger partial charge in [-0.25, -0.2) is 4.98 Å². The van der Waals surface area contributed by atoms with E-state index in [1.54, 1.807) is 30.8 Å². The van der Waals surface area contributed by atoms with Gasteiger partial charge in [0.15, 0.2) is 0 Å². The van der Waals surface area contributed by atoms with Crippen LogP contribution in [0.1, 0.15) is 30.0 Å². The molecule has 2 heterocycles. The van der Waals surface area contributed by atoms with E-state index in [2.05, 4.69) is 49.6 Å². The molecule has 102 valence electrons. The fraction of sp³-hybridized carbons (Fsp3) is 0.385. The van der Waals surface area contributed by atoms with Crippen LogP contribution in [0.2, 0.25) is 0 Å². The van der Waals surface area contributed by atoms with Gasteiger partial charge in [0.05, 0.1) is 13.2 Å². The Bertz CT molecular complexity index is 532. The number of ether oxygens (including phenoxy) is 1. The third-order valence-electron chi connectivity index (χ3n) is 2.63. The highest BCUT2D eigenvalue weighted by Crippen LogP contribution is 2.32. The Hall–Kier alpha value is -0.980. The molecular weight excluding hydrogens is 326 g/mol. The van der Waals surface area contributed by atoms with E-state index in [1.165, 1.54) is 4.88 Å². The molecular formula is C13H16BrN3OS. The van der Waals surface area contributed by atoms with E-state index in [4.69, 9.17) is 4.74 Å². The number of nitrogens with zero attached hydrogens (tertiary/aromatic N) is 2. The summed E-state index contributed by atoms with van der Waals surface area (Å²) in [7, 11) is 1.62. The van der Waals surface area contributed by atoms with E-state index >= 15 is 0 Å². The Morgan fingerprint density at radius 3 is 2.84 bits per heavy atom. The summed E-state index contributed by atoms with van der Waals surface area (Å²) in [6, 6.07) is 2.12. The van der Waals surface area contributed by atoms with Crippen LogP contribution in [0.25, 0.3) is 0 Å². The van der Waals surface area contributed by atoms with E-state index in [1.807, 2.05) is 0 Å². The summed E-state index contributed by atoms with van der Waals surface area (Å²) in [6.07, 6.45) is 4.40. The van der Waals surface area contributed by atoms with Crippen LogP contribution in [0, 0.1) is 0 Å². The molecule has 1 N–H and O–H groups in total. The first kappa shape index (κ1) is 14.4. The van der Waals surface area contributed by atoms with Crippen molar-refractivity contribution < 1.29 is 4.74 Å². The van der Waals surface area contributed by atoms with Crippen molar-refractivity contribution in [3.8, 4) is 5.88 Å². The molecule has 4 nitrogen and oxygen atoms in total. The van der Waals surface area contributed by atoms with Crippen molar-refractivity contribution in [2.45, 2.75) is 19.4 Å². The van der Waals surface area contributed by atoms with Gasteiger partial charge >= 0.3 is 0 Å². The number of nitrogens with one attached hydrogen (secondary N) is 1. The van der Waals surface area contributed by atoms with Crippen molar-refractivity contribution in [2.24, 2.45) is 0 Å². The molecule has 1 unspecified atom stereocenters. The Kier molecular flexibility index (Phi) is 5.30. The summed E-state index contributed by atoms with van der Waals surface area (Å²) >= 11 is 5.18. The number of thiophene rings is 1. The van der Waals surface area contributed by atoms with Gasteiger partial charge < -0.3 is 10.1 Å². The molecule has 1 atom stereocenters. The lowest BCUT2D eigenvalue weighted by Crippen LogP contribution is -2.24. The minimum absolute atomic E-state index is 0.0138. The first-order valence-electron chi connectivity index (χ1n) is 6.08. The molecule has 0 saturated heterocycles. The monoisotopic (exact) mass is 341 g/mol. The van der Waals surface area contributed by atoms with Gasteiger partial charge in [-0.2, -0.15) is 0 Å². The Balaban J connectivity index is 2.36. The zero-order valence-electron chi connectivity index (χ0n) is 10.9. The quantitative estimate of drug-likeness (QED) is 0.874. The first-order valence-corrected chi connectivity index (χ1v) is 7.75. The van der Waals surface area contributed by atoms with Gasteiger partial charge in [0, 0.05) is 27.1 Å². The van der Waals surface area contributed by atoms with Gasteiger partial charge in [-0.1, -0.05) is 6.92 Å². The third-order valence-corrected chi connectivity index (χ3v) is 4.39. The standard InChI is InChI=1S/C13H16BrN3OS/c1-3-4-15-11(10-7-9(14)8-19-10)12-13(18-2)17-6-5-16-12/h5-8,11,15H,3-4H2,1-2H3. The SMILES string of the molecule is CCCNC(c1cc(Br)cs1)c1nccnc1OC. The van der Waals surface area contributed by atoms with Crippen LogP contribution < -0.4 is 10.1 Å². The van der Waals surface area contributed by atoms with Gasteiger partial charge in [0.2, 0.25) is 5.88 Å². The smallest absolute Gasteiger partial charge is 0.237 e. The zero-order chi connectivity index (χ0) is 13.7. The van der Waals surface area contributed by atoms with Crippen LogP contribution in [0.5, 0.6) is 5.88 Å². The van der Waals surface area contributed by atoms with Crippen LogP contribution in [0.3, 0.4) is 0 Å². The molecule has 0 fully saturated rings. The molecule has 0 aliphatic rings. The van der Waals surface area contributed by atoms with E-state index in [-0.39, 0.29) is 6.04 Å². The maximum absolute atomic E-state index is 5.31. The Morgan fingerprint density at radius 2 is 2.21 bits per heavy atom. The van der Waals surface area contributed by atoms with Gasteiger partial charge in [0.1, 0.15) is 5.69 Å². The van der Waals surface area contributed by atoms with E-state index in [0.29, 0.717) is 5.88 Å². The average molecular weight is 342 g/mol. The highest BCUT2D eigenvalue weighted by Gasteiger charge is 2.21. The molecule has 0 aliphatic heterocycles. The fourth-order valence-electron chi connectivity index (χ4n) is 1.79. The van der Waals surface area contributed by atoms with Gasteiger partial charge in [-0.3, -0.25) is 4.98 Å². The van der Waals surface area contributed by atoms with Crippen molar-refractivity contribution in [1.29, 1.82) is 0 Å². The van der Waals surface area contributed by atoms with Crippen molar-refractivity contribution in [1.82, 2.24) is 15.3 Å². The predicted octanol–water partition coefficient (Wildman–Crippen LogP) is 3.40. The maximum atomic E-state index is 5.31. The maximum Gasteiger partial charge on any atom is 0.237 e. The minimum atomic E-state index is 0.0138. The largest absolute Gasteiger partial charge is 0.480 e. The number of hydrogen-bond donors (Lipinski definition) is 1. The fourth-order valence-corrected chi connectivity index (χ4v) is 3.31. The molecule has 0 bridgehead atoms. The molecule has 2 rings (SSSR count). The van der Waals surface area contributed by atoms with Crippen molar-refractivity contribution >= 4 is 27.3 Å². The van der Waals surface area contributed by atoms with Crippen LogP contribution in [-0.2, 0) is 0 Å². The second-order valence-corrected chi connectivity index (χ2v) is 5.86. The molecule has 0 saturated carbocycles. The lowest BCUT2D eigenvalue weighted by atomic mass is 10.1. The number of halogens is 1.